The number of imide groups is 1. The van der Waals surface area contributed by atoms with Crippen LogP contribution in [-0.4, -0.2) is 44.1 Å². The molecule has 0 saturated carbocycles. The van der Waals surface area contributed by atoms with Crippen LogP contribution in [0.3, 0.4) is 0 Å². The van der Waals surface area contributed by atoms with Crippen molar-refractivity contribution in [2.75, 3.05) is 24.0 Å². The Labute approximate surface area is 186 Å². The molecule has 2 aliphatic heterocycles. The highest BCUT2D eigenvalue weighted by Crippen LogP contribution is 2.47. The van der Waals surface area contributed by atoms with Crippen molar-refractivity contribution in [3.8, 4) is 5.75 Å². The SMILES string of the molecule is COc1ccc(N2C(=O)[C@H](OC)[C@@H]2[C@H]2C=CC[C@H]3C(=O)N(c4ccccc4)C(=O)[C@@H]23)cc1. The number of anilines is 2. The van der Waals surface area contributed by atoms with Crippen LogP contribution in [0.25, 0.3) is 0 Å². The molecular weight excluding hydrogens is 408 g/mol. The summed E-state index contributed by atoms with van der Waals surface area (Å²) in [7, 11) is 3.09. The molecule has 0 unspecified atom stereocenters. The van der Waals surface area contributed by atoms with E-state index in [0.29, 0.717) is 23.5 Å². The Morgan fingerprint density at radius 1 is 0.844 bits per heavy atom. The molecule has 0 spiro atoms. The number of β-lactam (4-membered cyclic amide) rings is 1. The summed E-state index contributed by atoms with van der Waals surface area (Å²) < 4.78 is 10.7. The Morgan fingerprint density at radius 3 is 2.22 bits per heavy atom. The number of benzene rings is 2. The van der Waals surface area contributed by atoms with Crippen molar-refractivity contribution in [3.63, 3.8) is 0 Å². The summed E-state index contributed by atoms with van der Waals surface area (Å²) >= 11 is 0. The summed E-state index contributed by atoms with van der Waals surface area (Å²) in [4.78, 5) is 42.6. The molecule has 0 N–H and O–H groups in total. The van der Waals surface area contributed by atoms with Gasteiger partial charge < -0.3 is 14.4 Å². The van der Waals surface area contributed by atoms with Gasteiger partial charge in [0.05, 0.1) is 30.7 Å². The fourth-order valence-electron chi connectivity index (χ4n) is 5.23. The predicted octanol–water partition coefficient (Wildman–Crippen LogP) is 2.81. The van der Waals surface area contributed by atoms with Gasteiger partial charge in [-0.15, -0.1) is 0 Å². The Kier molecular flexibility index (Phi) is 5.06. The molecule has 0 bridgehead atoms. The molecule has 1 aliphatic carbocycles. The first kappa shape index (κ1) is 20.5. The van der Waals surface area contributed by atoms with Crippen LogP contribution in [0.1, 0.15) is 6.42 Å². The number of hydrogen-bond donors (Lipinski definition) is 0. The molecule has 0 aromatic heterocycles. The van der Waals surface area contributed by atoms with E-state index in [-0.39, 0.29) is 29.7 Å². The maximum absolute atomic E-state index is 13.5. The third kappa shape index (κ3) is 2.96. The molecule has 2 saturated heterocycles. The third-order valence-electron chi connectivity index (χ3n) is 6.74. The first-order valence-electron chi connectivity index (χ1n) is 10.7. The first-order valence-corrected chi connectivity index (χ1v) is 10.7. The number of amides is 3. The van der Waals surface area contributed by atoms with Gasteiger partial charge in [-0.3, -0.25) is 19.3 Å². The number of fused-ring (bicyclic) bond motifs is 1. The number of ether oxygens (including phenoxy) is 2. The molecule has 2 heterocycles. The van der Waals surface area contributed by atoms with E-state index >= 15 is 0 Å². The van der Waals surface area contributed by atoms with E-state index in [4.69, 9.17) is 9.47 Å². The predicted molar refractivity (Wildman–Crippen MR) is 118 cm³/mol. The van der Waals surface area contributed by atoms with E-state index in [1.807, 2.05) is 42.5 Å². The van der Waals surface area contributed by atoms with Crippen molar-refractivity contribution in [3.05, 3.63) is 66.7 Å². The molecule has 5 rings (SSSR count). The van der Waals surface area contributed by atoms with Crippen molar-refractivity contribution in [1.29, 1.82) is 0 Å². The number of methoxy groups -OCH3 is 2. The summed E-state index contributed by atoms with van der Waals surface area (Å²) in [5, 5.41) is 0. The number of carbonyl (C=O) groups is 3. The summed E-state index contributed by atoms with van der Waals surface area (Å²) in [6, 6.07) is 15.8. The van der Waals surface area contributed by atoms with Gasteiger partial charge in [0.2, 0.25) is 11.8 Å². The normalized spacial score (nSPS) is 29.2. The van der Waals surface area contributed by atoms with Gasteiger partial charge in [-0.1, -0.05) is 30.4 Å². The molecule has 5 atom stereocenters. The second kappa shape index (κ2) is 7.91. The van der Waals surface area contributed by atoms with Crippen molar-refractivity contribution in [1.82, 2.24) is 0 Å². The lowest BCUT2D eigenvalue weighted by molar-refractivity contribution is -0.143. The van der Waals surface area contributed by atoms with Gasteiger partial charge in [0.25, 0.3) is 5.91 Å². The van der Waals surface area contributed by atoms with E-state index < -0.39 is 17.9 Å². The van der Waals surface area contributed by atoms with Crippen molar-refractivity contribution in [2.45, 2.75) is 18.6 Å². The number of para-hydroxylation sites is 1. The summed E-state index contributed by atoms with van der Waals surface area (Å²) in [5.41, 5.74) is 1.29. The summed E-state index contributed by atoms with van der Waals surface area (Å²) in [6.07, 6.45) is 3.77. The second-order valence-corrected chi connectivity index (χ2v) is 8.27. The minimum absolute atomic E-state index is 0.158. The fourth-order valence-corrected chi connectivity index (χ4v) is 5.23. The van der Waals surface area contributed by atoms with Crippen LogP contribution in [-0.2, 0) is 19.1 Å². The van der Waals surface area contributed by atoms with Crippen LogP contribution in [0.4, 0.5) is 11.4 Å². The quantitative estimate of drug-likeness (QED) is 0.413. The monoisotopic (exact) mass is 432 g/mol. The molecule has 7 heteroatoms. The number of carbonyl (C=O) groups excluding carboxylic acids is 3. The van der Waals surface area contributed by atoms with Gasteiger partial charge in [-0.05, 0) is 42.8 Å². The topological polar surface area (TPSA) is 76.2 Å². The number of allylic oxidation sites excluding steroid dienone is 1. The van der Waals surface area contributed by atoms with Crippen LogP contribution in [0.15, 0.2) is 66.7 Å². The maximum atomic E-state index is 13.5. The van der Waals surface area contributed by atoms with E-state index in [1.165, 1.54) is 12.0 Å². The zero-order valence-corrected chi connectivity index (χ0v) is 17.9. The maximum Gasteiger partial charge on any atom is 0.258 e. The largest absolute Gasteiger partial charge is 0.497 e. The van der Waals surface area contributed by atoms with Crippen molar-refractivity contribution >= 4 is 29.1 Å². The zero-order chi connectivity index (χ0) is 22.4. The molecule has 7 nitrogen and oxygen atoms in total. The standard InChI is InChI=1S/C25H24N2O5/c1-31-17-13-11-16(12-14-17)26-21(22(32-2)25(26)30)18-9-6-10-19-20(18)24(29)27(23(19)28)15-7-4-3-5-8-15/h3-9,11-14,18-22H,10H2,1-2H3/t18-,19+,20-,21-,22+/m0/s1. The van der Waals surface area contributed by atoms with E-state index in [2.05, 4.69) is 0 Å². The Bertz CT molecular complexity index is 1080. The van der Waals surface area contributed by atoms with Crippen molar-refractivity contribution < 1.29 is 23.9 Å². The van der Waals surface area contributed by atoms with Gasteiger partial charge in [-0.25, -0.2) is 0 Å². The molecule has 0 radical (unpaired) electrons. The molecule has 2 fully saturated rings. The summed E-state index contributed by atoms with van der Waals surface area (Å²) in [6.45, 7) is 0. The van der Waals surface area contributed by atoms with Gasteiger partial charge in [0.1, 0.15) is 5.75 Å². The van der Waals surface area contributed by atoms with Gasteiger partial charge in [0, 0.05) is 18.7 Å². The minimum atomic E-state index is -0.667. The van der Waals surface area contributed by atoms with Crippen molar-refractivity contribution in [2.24, 2.45) is 17.8 Å². The zero-order valence-electron chi connectivity index (χ0n) is 17.9. The molecular formula is C25H24N2O5. The van der Waals surface area contributed by atoms with Gasteiger partial charge in [0.15, 0.2) is 6.10 Å². The molecule has 3 amide bonds. The first-order chi connectivity index (χ1) is 15.6. The Hall–Kier alpha value is -3.45. The molecule has 164 valence electrons. The molecule has 3 aliphatic rings. The fraction of sp³-hybridized carbons (Fsp3) is 0.320. The lowest BCUT2D eigenvalue weighted by Crippen LogP contribution is -2.69. The van der Waals surface area contributed by atoms with Gasteiger partial charge >= 0.3 is 0 Å². The highest BCUT2D eigenvalue weighted by molar-refractivity contribution is 6.22. The van der Waals surface area contributed by atoms with E-state index in [9.17, 15) is 14.4 Å². The average Bonchev–Trinajstić information content (AvgIpc) is 3.09. The van der Waals surface area contributed by atoms with Crippen LogP contribution < -0.4 is 14.5 Å². The highest BCUT2D eigenvalue weighted by atomic mass is 16.5. The van der Waals surface area contributed by atoms with Gasteiger partial charge in [-0.2, -0.15) is 0 Å². The van der Waals surface area contributed by atoms with E-state index in [0.717, 1.165) is 0 Å². The minimum Gasteiger partial charge on any atom is -0.497 e. The smallest absolute Gasteiger partial charge is 0.258 e. The average molecular weight is 432 g/mol. The van der Waals surface area contributed by atoms with Crippen LogP contribution in [0, 0.1) is 17.8 Å². The Balaban J connectivity index is 1.50. The molecule has 2 aromatic rings. The lowest BCUT2D eigenvalue weighted by atomic mass is 9.69. The third-order valence-corrected chi connectivity index (χ3v) is 6.74. The number of hydrogen-bond acceptors (Lipinski definition) is 5. The van der Waals surface area contributed by atoms with Crippen LogP contribution in [0.2, 0.25) is 0 Å². The number of rotatable bonds is 5. The summed E-state index contributed by atoms with van der Waals surface area (Å²) in [5.74, 6) is -1.18. The number of nitrogens with zero attached hydrogens (tertiary/aromatic N) is 2. The van der Waals surface area contributed by atoms with Crippen LogP contribution >= 0.6 is 0 Å². The second-order valence-electron chi connectivity index (χ2n) is 8.27. The molecule has 2 aromatic carbocycles. The highest BCUT2D eigenvalue weighted by Gasteiger charge is 2.60. The van der Waals surface area contributed by atoms with Crippen LogP contribution in [0.5, 0.6) is 5.75 Å². The van der Waals surface area contributed by atoms with E-state index in [1.54, 1.807) is 36.3 Å². The molecule has 32 heavy (non-hydrogen) atoms. The lowest BCUT2D eigenvalue weighted by Gasteiger charge is -2.51. The Morgan fingerprint density at radius 2 is 1.56 bits per heavy atom.